The number of nitrogens with one attached hydrogen (secondary N) is 2. The first kappa shape index (κ1) is 24.9. The number of rotatable bonds is 8. The Hall–Kier alpha value is -3.17. The summed E-state index contributed by atoms with van der Waals surface area (Å²) in [5, 5.41) is 6.69. The molecule has 1 saturated heterocycles. The summed E-state index contributed by atoms with van der Waals surface area (Å²) in [6.07, 6.45) is 9.04. The molecule has 1 aromatic carbocycles. The molecule has 184 valence electrons. The van der Waals surface area contributed by atoms with Crippen molar-refractivity contribution in [3.05, 3.63) is 71.6 Å². The molecular weight excluding hydrogens is 486 g/mol. The van der Waals surface area contributed by atoms with E-state index in [-0.39, 0.29) is 10.8 Å². The number of anilines is 3. The van der Waals surface area contributed by atoms with E-state index in [4.69, 9.17) is 11.6 Å². The maximum absolute atomic E-state index is 12.9. The fourth-order valence-electron chi connectivity index (χ4n) is 4.13. The number of nitrogens with zero attached hydrogens (tertiary/aromatic N) is 3. The van der Waals surface area contributed by atoms with Crippen LogP contribution in [0.3, 0.4) is 0 Å². The summed E-state index contributed by atoms with van der Waals surface area (Å²) < 4.78 is 24.3. The summed E-state index contributed by atoms with van der Waals surface area (Å²) in [4.78, 5) is 23.6. The van der Waals surface area contributed by atoms with Gasteiger partial charge in [0.25, 0.3) is 5.91 Å². The van der Waals surface area contributed by atoms with Gasteiger partial charge in [-0.05, 0) is 61.6 Å². The van der Waals surface area contributed by atoms with Crippen molar-refractivity contribution < 1.29 is 13.2 Å². The van der Waals surface area contributed by atoms with E-state index in [9.17, 15) is 13.2 Å². The van der Waals surface area contributed by atoms with Crippen LogP contribution in [-0.2, 0) is 9.84 Å². The zero-order chi connectivity index (χ0) is 24.8. The third-order valence-corrected chi connectivity index (χ3v) is 7.38. The van der Waals surface area contributed by atoms with Crippen molar-refractivity contribution in [2.24, 2.45) is 5.92 Å². The quantitative estimate of drug-likeness (QED) is 0.456. The van der Waals surface area contributed by atoms with Gasteiger partial charge in [0.1, 0.15) is 0 Å². The number of sulfone groups is 1. The van der Waals surface area contributed by atoms with Crippen molar-refractivity contribution in [3.63, 3.8) is 0 Å². The predicted octanol–water partition coefficient (Wildman–Crippen LogP) is 4.50. The molecule has 1 fully saturated rings. The normalized spacial score (nSPS) is 14.5. The van der Waals surface area contributed by atoms with Gasteiger partial charge < -0.3 is 15.5 Å². The second kappa shape index (κ2) is 11.0. The molecule has 1 aliphatic rings. The molecule has 3 heterocycles. The molecule has 0 radical (unpaired) electrons. The minimum atomic E-state index is -3.49. The van der Waals surface area contributed by atoms with Crippen LogP contribution in [0.5, 0.6) is 0 Å². The van der Waals surface area contributed by atoms with Crippen molar-refractivity contribution >= 4 is 44.5 Å². The number of benzene rings is 1. The minimum Gasteiger partial charge on any atom is -0.384 e. The predicted molar refractivity (Wildman–Crippen MR) is 139 cm³/mol. The van der Waals surface area contributed by atoms with E-state index in [0.717, 1.165) is 50.8 Å². The Labute approximate surface area is 210 Å². The lowest BCUT2D eigenvalue weighted by Gasteiger charge is -2.34. The van der Waals surface area contributed by atoms with Gasteiger partial charge in [-0.1, -0.05) is 17.7 Å². The Bertz CT molecular complexity index is 1280. The molecule has 35 heavy (non-hydrogen) atoms. The van der Waals surface area contributed by atoms with Gasteiger partial charge in [-0.25, -0.2) is 13.4 Å². The van der Waals surface area contributed by atoms with Gasteiger partial charge in [0.15, 0.2) is 15.7 Å². The SMILES string of the molecule is CS(=O)(=O)c1cnc(N2CCC(CCNc3cccnc3)CC2)c(NC(=O)c2cccc(Cl)c2)c1. The first-order chi connectivity index (χ1) is 16.8. The van der Waals surface area contributed by atoms with E-state index in [1.54, 1.807) is 30.5 Å². The van der Waals surface area contributed by atoms with Crippen LogP contribution in [0, 0.1) is 5.92 Å². The maximum Gasteiger partial charge on any atom is 0.255 e. The van der Waals surface area contributed by atoms with Gasteiger partial charge in [0.05, 0.1) is 16.3 Å². The minimum absolute atomic E-state index is 0.0546. The molecule has 0 bridgehead atoms. The molecule has 0 unspecified atom stereocenters. The van der Waals surface area contributed by atoms with E-state index in [1.807, 2.05) is 18.3 Å². The molecule has 4 rings (SSSR count). The van der Waals surface area contributed by atoms with Gasteiger partial charge >= 0.3 is 0 Å². The van der Waals surface area contributed by atoms with Gasteiger partial charge in [-0.2, -0.15) is 0 Å². The molecule has 3 aromatic rings. The van der Waals surface area contributed by atoms with Gasteiger partial charge in [-0.15, -0.1) is 0 Å². The third-order valence-electron chi connectivity index (χ3n) is 6.06. The average Bonchev–Trinajstić information content (AvgIpc) is 2.85. The molecule has 0 saturated carbocycles. The highest BCUT2D eigenvalue weighted by molar-refractivity contribution is 7.90. The molecule has 0 atom stereocenters. The third kappa shape index (κ3) is 6.70. The fraction of sp³-hybridized carbons (Fsp3) is 0.320. The molecule has 8 nitrogen and oxygen atoms in total. The summed E-state index contributed by atoms with van der Waals surface area (Å²) in [6.45, 7) is 2.41. The second-order valence-corrected chi connectivity index (χ2v) is 11.1. The summed E-state index contributed by atoms with van der Waals surface area (Å²) in [5.41, 5.74) is 1.77. The Balaban J connectivity index is 1.44. The Morgan fingerprint density at radius 3 is 2.63 bits per heavy atom. The number of halogens is 1. The number of hydrogen-bond donors (Lipinski definition) is 2. The lowest BCUT2D eigenvalue weighted by atomic mass is 9.93. The van der Waals surface area contributed by atoms with Gasteiger partial charge in [0.2, 0.25) is 0 Å². The summed E-state index contributed by atoms with van der Waals surface area (Å²) in [6, 6.07) is 12.0. The van der Waals surface area contributed by atoms with Crippen LogP contribution in [0.4, 0.5) is 17.2 Å². The lowest BCUT2D eigenvalue weighted by Crippen LogP contribution is -2.35. The van der Waals surface area contributed by atoms with Crippen LogP contribution in [0.25, 0.3) is 0 Å². The number of pyridine rings is 2. The van der Waals surface area contributed by atoms with Crippen molar-refractivity contribution in [3.8, 4) is 0 Å². The molecular formula is C25H28ClN5O3S. The highest BCUT2D eigenvalue weighted by Gasteiger charge is 2.24. The number of amides is 1. The largest absolute Gasteiger partial charge is 0.384 e. The van der Waals surface area contributed by atoms with Crippen LogP contribution in [0.15, 0.2) is 66.0 Å². The smallest absolute Gasteiger partial charge is 0.255 e. The highest BCUT2D eigenvalue weighted by Crippen LogP contribution is 2.31. The highest BCUT2D eigenvalue weighted by atomic mass is 35.5. The number of hydrogen-bond acceptors (Lipinski definition) is 7. The zero-order valence-electron chi connectivity index (χ0n) is 19.4. The van der Waals surface area contributed by atoms with E-state index in [1.165, 1.54) is 12.3 Å². The van der Waals surface area contributed by atoms with Gasteiger partial charge in [-0.3, -0.25) is 9.78 Å². The Morgan fingerprint density at radius 1 is 1.14 bits per heavy atom. The molecule has 10 heteroatoms. The number of carbonyl (C=O) groups excluding carboxylic acids is 1. The van der Waals surface area contributed by atoms with Crippen LogP contribution >= 0.6 is 11.6 Å². The number of piperidine rings is 1. The summed E-state index contributed by atoms with van der Waals surface area (Å²) in [5.74, 6) is 0.757. The fourth-order valence-corrected chi connectivity index (χ4v) is 4.90. The van der Waals surface area contributed by atoms with E-state index in [2.05, 4.69) is 25.5 Å². The van der Waals surface area contributed by atoms with Crippen molar-refractivity contribution in [1.29, 1.82) is 0 Å². The summed E-state index contributed by atoms with van der Waals surface area (Å²) >= 11 is 6.03. The monoisotopic (exact) mass is 513 g/mol. The maximum atomic E-state index is 12.9. The Kier molecular flexibility index (Phi) is 7.87. The number of aromatic nitrogens is 2. The lowest BCUT2D eigenvalue weighted by molar-refractivity contribution is 0.102. The molecule has 2 N–H and O–H groups in total. The van der Waals surface area contributed by atoms with Crippen molar-refractivity contribution in [2.75, 3.05) is 41.4 Å². The molecule has 2 aromatic heterocycles. The van der Waals surface area contributed by atoms with E-state index < -0.39 is 9.84 Å². The van der Waals surface area contributed by atoms with Crippen molar-refractivity contribution in [1.82, 2.24) is 9.97 Å². The average molecular weight is 514 g/mol. The molecule has 0 aliphatic carbocycles. The van der Waals surface area contributed by atoms with Crippen LogP contribution in [-0.4, -0.2) is 50.2 Å². The van der Waals surface area contributed by atoms with Crippen LogP contribution in [0.1, 0.15) is 29.6 Å². The van der Waals surface area contributed by atoms with Crippen LogP contribution in [0.2, 0.25) is 5.02 Å². The van der Waals surface area contributed by atoms with E-state index in [0.29, 0.717) is 28.0 Å². The standard InChI is InChI=1S/C25H28ClN5O3S/c1-35(33,34)22-15-23(30-25(32)19-4-2-5-20(26)14-19)24(29-17-22)31-12-8-18(9-13-31)7-11-28-21-6-3-10-27-16-21/h2-6,10,14-18,28H,7-9,11-13H2,1H3,(H,30,32). The van der Waals surface area contributed by atoms with Gasteiger partial charge in [0, 0.05) is 55.1 Å². The Morgan fingerprint density at radius 2 is 1.94 bits per heavy atom. The second-order valence-electron chi connectivity index (χ2n) is 8.67. The molecule has 1 aliphatic heterocycles. The molecule has 0 spiro atoms. The molecule has 1 amide bonds. The number of carbonyl (C=O) groups is 1. The van der Waals surface area contributed by atoms with Crippen LogP contribution < -0.4 is 15.5 Å². The first-order valence-corrected chi connectivity index (χ1v) is 13.7. The van der Waals surface area contributed by atoms with E-state index >= 15 is 0 Å². The van der Waals surface area contributed by atoms with Crippen molar-refractivity contribution in [2.45, 2.75) is 24.2 Å². The summed E-state index contributed by atoms with van der Waals surface area (Å²) in [7, 11) is -3.49. The first-order valence-electron chi connectivity index (χ1n) is 11.5. The zero-order valence-corrected chi connectivity index (χ0v) is 21.0. The topological polar surface area (TPSA) is 104 Å².